The van der Waals surface area contributed by atoms with Crippen LogP contribution in [0.2, 0.25) is 0 Å². The minimum absolute atomic E-state index is 0.220. The quantitative estimate of drug-likeness (QED) is 0.912. The van der Waals surface area contributed by atoms with Gasteiger partial charge in [-0.15, -0.1) is 0 Å². The summed E-state index contributed by atoms with van der Waals surface area (Å²) in [5, 5.41) is 5.95. The molecular weight excluding hydrogens is 276 g/mol. The Morgan fingerprint density at radius 3 is 2.73 bits per heavy atom. The number of nitrogens with zero attached hydrogens (tertiary/aromatic N) is 2. The SMILES string of the molecule is Cc1cccc(C2(NC(=O)Nc3ccncn3)CCCC2)c1. The fourth-order valence-corrected chi connectivity index (χ4v) is 3.14. The maximum absolute atomic E-state index is 12.3. The lowest BCUT2D eigenvalue weighted by molar-refractivity contribution is 0.236. The van der Waals surface area contributed by atoms with Crippen LogP contribution in [-0.2, 0) is 5.54 Å². The first-order valence-electron chi connectivity index (χ1n) is 7.60. The number of nitrogens with one attached hydrogen (secondary N) is 2. The van der Waals surface area contributed by atoms with Crippen molar-refractivity contribution in [2.24, 2.45) is 0 Å². The van der Waals surface area contributed by atoms with Crippen molar-refractivity contribution in [3.05, 3.63) is 54.0 Å². The third-order valence-corrected chi connectivity index (χ3v) is 4.20. The van der Waals surface area contributed by atoms with Gasteiger partial charge in [-0.3, -0.25) is 5.32 Å². The zero-order chi connectivity index (χ0) is 15.4. The maximum Gasteiger partial charge on any atom is 0.321 e. The van der Waals surface area contributed by atoms with E-state index in [9.17, 15) is 4.79 Å². The molecule has 0 unspecified atom stereocenters. The van der Waals surface area contributed by atoms with E-state index < -0.39 is 0 Å². The number of urea groups is 1. The van der Waals surface area contributed by atoms with Crippen LogP contribution < -0.4 is 10.6 Å². The molecule has 0 spiro atoms. The van der Waals surface area contributed by atoms with Gasteiger partial charge in [0.15, 0.2) is 0 Å². The summed E-state index contributed by atoms with van der Waals surface area (Å²) in [6.45, 7) is 2.08. The van der Waals surface area contributed by atoms with Gasteiger partial charge in [0.25, 0.3) is 0 Å². The fourth-order valence-electron chi connectivity index (χ4n) is 3.14. The van der Waals surface area contributed by atoms with Crippen LogP contribution in [0.4, 0.5) is 10.6 Å². The third-order valence-electron chi connectivity index (χ3n) is 4.20. The molecule has 1 aliphatic rings. The minimum Gasteiger partial charge on any atom is -0.328 e. The summed E-state index contributed by atoms with van der Waals surface area (Å²) < 4.78 is 0. The number of hydrogen-bond donors (Lipinski definition) is 2. The van der Waals surface area contributed by atoms with E-state index in [2.05, 4.69) is 51.8 Å². The number of amides is 2. The molecule has 1 aromatic carbocycles. The van der Waals surface area contributed by atoms with E-state index in [1.807, 2.05) is 0 Å². The summed E-state index contributed by atoms with van der Waals surface area (Å²) in [6, 6.07) is 9.84. The van der Waals surface area contributed by atoms with Gasteiger partial charge in [-0.05, 0) is 31.4 Å². The number of carbonyl (C=O) groups excluding carboxylic acids is 1. The van der Waals surface area contributed by atoms with Gasteiger partial charge in [0, 0.05) is 6.20 Å². The summed E-state index contributed by atoms with van der Waals surface area (Å²) in [6.07, 6.45) is 7.21. The van der Waals surface area contributed by atoms with Crippen molar-refractivity contribution in [3.63, 3.8) is 0 Å². The molecular formula is C17H20N4O. The molecule has 0 atom stereocenters. The Labute approximate surface area is 130 Å². The number of anilines is 1. The Bertz CT molecular complexity index is 651. The van der Waals surface area contributed by atoms with Gasteiger partial charge in [-0.25, -0.2) is 14.8 Å². The van der Waals surface area contributed by atoms with Crippen molar-refractivity contribution >= 4 is 11.8 Å². The van der Waals surface area contributed by atoms with Gasteiger partial charge in [0.1, 0.15) is 12.1 Å². The summed E-state index contributed by atoms with van der Waals surface area (Å²) in [5.74, 6) is 0.505. The molecule has 1 saturated carbocycles. The van der Waals surface area contributed by atoms with Crippen LogP contribution >= 0.6 is 0 Å². The van der Waals surface area contributed by atoms with E-state index in [1.165, 1.54) is 17.5 Å². The largest absolute Gasteiger partial charge is 0.328 e. The monoisotopic (exact) mass is 296 g/mol. The molecule has 0 aliphatic heterocycles. The second-order valence-corrected chi connectivity index (χ2v) is 5.83. The second kappa shape index (κ2) is 6.13. The predicted octanol–water partition coefficient (Wildman–Crippen LogP) is 3.38. The van der Waals surface area contributed by atoms with E-state index in [-0.39, 0.29) is 11.6 Å². The highest BCUT2D eigenvalue weighted by molar-refractivity contribution is 5.88. The molecule has 2 N–H and O–H groups in total. The fraction of sp³-hybridized carbons (Fsp3) is 0.353. The highest BCUT2D eigenvalue weighted by Crippen LogP contribution is 2.39. The molecule has 1 fully saturated rings. The molecule has 114 valence electrons. The predicted molar refractivity (Wildman–Crippen MR) is 85.5 cm³/mol. The number of benzene rings is 1. The Kier molecular flexibility index (Phi) is 4.04. The second-order valence-electron chi connectivity index (χ2n) is 5.83. The van der Waals surface area contributed by atoms with E-state index in [0.717, 1.165) is 25.7 Å². The van der Waals surface area contributed by atoms with Gasteiger partial charge in [0.05, 0.1) is 5.54 Å². The lowest BCUT2D eigenvalue weighted by atomic mass is 9.87. The van der Waals surface area contributed by atoms with Crippen LogP contribution in [0.15, 0.2) is 42.9 Å². The van der Waals surface area contributed by atoms with E-state index in [1.54, 1.807) is 12.3 Å². The number of rotatable bonds is 3. The van der Waals surface area contributed by atoms with Crippen molar-refractivity contribution in [1.82, 2.24) is 15.3 Å². The van der Waals surface area contributed by atoms with Crippen molar-refractivity contribution < 1.29 is 4.79 Å². The molecule has 0 radical (unpaired) electrons. The molecule has 5 heteroatoms. The number of aromatic nitrogens is 2. The summed E-state index contributed by atoms with van der Waals surface area (Å²) >= 11 is 0. The highest BCUT2D eigenvalue weighted by atomic mass is 16.2. The van der Waals surface area contributed by atoms with E-state index in [4.69, 9.17) is 0 Å². The molecule has 1 heterocycles. The standard InChI is InChI=1S/C17H20N4O/c1-13-5-4-6-14(11-13)17(8-2-3-9-17)21-16(22)20-15-7-10-18-12-19-15/h4-7,10-12H,2-3,8-9H2,1H3,(H2,18,19,20,21,22). The van der Waals surface area contributed by atoms with Gasteiger partial charge in [-0.1, -0.05) is 42.7 Å². The van der Waals surface area contributed by atoms with Gasteiger partial charge in [0.2, 0.25) is 0 Å². The molecule has 1 aliphatic carbocycles. The molecule has 22 heavy (non-hydrogen) atoms. The lowest BCUT2D eigenvalue weighted by Gasteiger charge is -2.31. The molecule has 0 saturated heterocycles. The topological polar surface area (TPSA) is 66.9 Å². The third kappa shape index (κ3) is 3.08. The summed E-state index contributed by atoms with van der Waals surface area (Å²) in [5.41, 5.74) is 2.12. The van der Waals surface area contributed by atoms with Crippen LogP contribution in [0.1, 0.15) is 36.8 Å². The molecule has 3 rings (SSSR count). The maximum atomic E-state index is 12.3. The van der Waals surface area contributed by atoms with Crippen LogP contribution in [-0.4, -0.2) is 16.0 Å². The summed E-state index contributed by atoms with van der Waals surface area (Å²) in [7, 11) is 0. The first-order chi connectivity index (χ1) is 10.7. The zero-order valence-electron chi connectivity index (χ0n) is 12.7. The Morgan fingerprint density at radius 2 is 2.05 bits per heavy atom. The van der Waals surface area contributed by atoms with Crippen molar-refractivity contribution in [2.45, 2.75) is 38.1 Å². The van der Waals surface area contributed by atoms with Gasteiger partial charge >= 0.3 is 6.03 Å². The average Bonchev–Trinajstić information content (AvgIpc) is 2.98. The van der Waals surface area contributed by atoms with Crippen molar-refractivity contribution in [2.75, 3.05) is 5.32 Å². The van der Waals surface area contributed by atoms with Crippen LogP contribution in [0.25, 0.3) is 0 Å². The molecule has 0 bridgehead atoms. The van der Waals surface area contributed by atoms with E-state index >= 15 is 0 Å². The Morgan fingerprint density at radius 1 is 1.23 bits per heavy atom. The molecule has 2 amide bonds. The van der Waals surface area contributed by atoms with Crippen molar-refractivity contribution in [1.29, 1.82) is 0 Å². The highest BCUT2D eigenvalue weighted by Gasteiger charge is 2.37. The lowest BCUT2D eigenvalue weighted by Crippen LogP contribution is -2.46. The van der Waals surface area contributed by atoms with Crippen LogP contribution in [0, 0.1) is 6.92 Å². The zero-order valence-corrected chi connectivity index (χ0v) is 12.7. The smallest absolute Gasteiger partial charge is 0.321 e. The van der Waals surface area contributed by atoms with Crippen LogP contribution in [0.3, 0.4) is 0 Å². The Balaban J connectivity index is 1.78. The van der Waals surface area contributed by atoms with Crippen molar-refractivity contribution in [3.8, 4) is 0 Å². The number of hydrogen-bond acceptors (Lipinski definition) is 3. The van der Waals surface area contributed by atoms with E-state index in [0.29, 0.717) is 5.82 Å². The first kappa shape index (κ1) is 14.5. The first-order valence-corrected chi connectivity index (χ1v) is 7.60. The Hall–Kier alpha value is -2.43. The van der Waals surface area contributed by atoms with Gasteiger partial charge < -0.3 is 5.32 Å². The average molecular weight is 296 g/mol. The minimum atomic E-state index is -0.275. The van der Waals surface area contributed by atoms with Gasteiger partial charge in [-0.2, -0.15) is 0 Å². The molecule has 5 nitrogen and oxygen atoms in total. The number of carbonyl (C=O) groups is 1. The number of aryl methyl sites for hydroxylation is 1. The molecule has 1 aromatic heterocycles. The normalized spacial score (nSPS) is 16.2. The summed E-state index contributed by atoms with van der Waals surface area (Å²) in [4.78, 5) is 20.2. The van der Waals surface area contributed by atoms with Crippen LogP contribution in [0.5, 0.6) is 0 Å². The molecule has 2 aromatic rings.